The molecule has 5 rings (SSSR count). The van der Waals surface area contributed by atoms with Crippen LogP contribution < -0.4 is 4.90 Å². The first-order valence-corrected chi connectivity index (χ1v) is 11.6. The molecule has 0 bridgehead atoms. The van der Waals surface area contributed by atoms with Gasteiger partial charge in [0.1, 0.15) is 17.9 Å². The van der Waals surface area contributed by atoms with Gasteiger partial charge in [0.15, 0.2) is 5.65 Å². The average molecular weight is 476 g/mol. The molecule has 178 valence electrons. The van der Waals surface area contributed by atoms with Crippen LogP contribution in [0.25, 0.3) is 16.9 Å². The van der Waals surface area contributed by atoms with E-state index in [9.17, 15) is 18.4 Å². The van der Waals surface area contributed by atoms with Gasteiger partial charge in [-0.05, 0) is 67.6 Å². The van der Waals surface area contributed by atoms with Gasteiger partial charge in [-0.3, -0.25) is 4.57 Å². The van der Waals surface area contributed by atoms with E-state index in [0.29, 0.717) is 12.2 Å². The van der Waals surface area contributed by atoms with E-state index in [2.05, 4.69) is 22.1 Å². The summed E-state index contributed by atoms with van der Waals surface area (Å²) in [4.78, 5) is 10.9. The van der Waals surface area contributed by atoms with Gasteiger partial charge in [0.05, 0.1) is 17.3 Å². The number of para-hydroxylation sites is 1. The molecular formula is C27H24F3N5. The Bertz CT molecular complexity index is 1490. The van der Waals surface area contributed by atoms with Crippen molar-refractivity contribution in [2.45, 2.75) is 46.2 Å². The molecule has 0 saturated heterocycles. The molecule has 0 amide bonds. The van der Waals surface area contributed by atoms with E-state index >= 15 is 0 Å². The van der Waals surface area contributed by atoms with E-state index < -0.39 is 11.7 Å². The largest absolute Gasteiger partial charge is 0.418 e. The Labute approximate surface area is 201 Å². The van der Waals surface area contributed by atoms with Gasteiger partial charge in [0, 0.05) is 23.5 Å². The number of alkyl halides is 3. The van der Waals surface area contributed by atoms with Gasteiger partial charge in [-0.25, -0.2) is 9.97 Å². The number of nitrogens with zero attached hydrogens (tertiary/aromatic N) is 5. The summed E-state index contributed by atoms with van der Waals surface area (Å²) < 4.78 is 43.3. The predicted molar refractivity (Wildman–Crippen MR) is 129 cm³/mol. The van der Waals surface area contributed by atoms with Gasteiger partial charge in [0.2, 0.25) is 0 Å². The predicted octanol–water partition coefficient (Wildman–Crippen LogP) is 6.38. The fourth-order valence-electron chi connectivity index (χ4n) is 5.08. The Hall–Kier alpha value is -3.86. The number of nitriles is 1. The second-order valence-electron chi connectivity index (χ2n) is 8.78. The van der Waals surface area contributed by atoms with Crippen LogP contribution in [0, 0.1) is 25.2 Å². The molecule has 0 atom stereocenters. The van der Waals surface area contributed by atoms with E-state index in [1.54, 1.807) is 11.5 Å². The molecule has 1 aliphatic rings. The molecule has 2 aromatic carbocycles. The molecule has 4 aromatic rings. The second-order valence-corrected chi connectivity index (χ2v) is 8.78. The highest BCUT2D eigenvalue weighted by molar-refractivity contribution is 5.81. The molecule has 5 nitrogen and oxygen atoms in total. The minimum Gasteiger partial charge on any atom is -0.327 e. The van der Waals surface area contributed by atoms with Crippen LogP contribution in [0.5, 0.6) is 0 Å². The summed E-state index contributed by atoms with van der Waals surface area (Å²) in [5.74, 6) is 0.525. The van der Waals surface area contributed by atoms with E-state index in [4.69, 9.17) is 0 Å². The lowest BCUT2D eigenvalue weighted by Gasteiger charge is -2.26. The molecule has 0 N–H and O–H groups in total. The normalized spacial score (nSPS) is 13.3. The van der Waals surface area contributed by atoms with Crippen molar-refractivity contribution in [1.82, 2.24) is 14.5 Å². The standard InChI is InChI=1S/C27H24F3N5/c1-4-24-33-25-20(27(28,29)30)15-16(2)32-26(25)35(24)21-11-12-23-19(17(21)3)10-9-18-7-5-6-8-22(18)34(23)14-13-31/h5-8,11-12,15H,4,9-10,14H2,1-3H3. The molecule has 8 heteroatoms. The summed E-state index contributed by atoms with van der Waals surface area (Å²) in [6.45, 7) is 5.63. The van der Waals surface area contributed by atoms with Crippen molar-refractivity contribution in [3.63, 3.8) is 0 Å². The lowest BCUT2D eigenvalue weighted by molar-refractivity contribution is -0.136. The average Bonchev–Trinajstić information content (AvgIpc) is 3.10. The fraction of sp³-hybridized carbons (Fsp3) is 0.296. The summed E-state index contributed by atoms with van der Waals surface area (Å²) in [7, 11) is 0. The zero-order valence-corrected chi connectivity index (χ0v) is 19.7. The Kier molecular flexibility index (Phi) is 5.51. The summed E-state index contributed by atoms with van der Waals surface area (Å²) >= 11 is 0. The lowest BCUT2D eigenvalue weighted by Crippen LogP contribution is -2.19. The van der Waals surface area contributed by atoms with Crippen LogP contribution in [0.15, 0.2) is 42.5 Å². The minimum atomic E-state index is -4.53. The Balaban J connectivity index is 1.76. The number of halogens is 3. The third-order valence-corrected chi connectivity index (χ3v) is 6.67. The zero-order valence-electron chi connectivity index (χ0n) is 19.7. The smallest absolute Gasteiger partial charge is 0.327 e. The number of hydrogen-bond donors (Lipinski definition) is 0. The van der Waals surface area contributed by atoms with Crippen molar-refractivity contribution in [3.05, 3.63) is 76.2 Å². The number of hydrogen-bond acceptors (Lipinski definition) is 4. The highest BCUT2D eigenvalue weighted by atomic mass is 19.4. The van der Waals surface area contributed by atoms with E-state index in [1.165, 1.54) is 0 Å². The van der Waals surface area contributed by atoms with Crippen molar-refractivity contribution >= 4 is 22.5 Å². The van der Waals surface area contributed by atoms with Gasteiger partial charge >= 0.3 is 6.18 Å². The van der Waals surface area contributed by atoms with Gasteiger partial charge in [0.25, 0.3) is 0 Å². The van der Waals surface area contributed by atoms with Gasteiger partial charge in [-0.2, -0.15) is 18.4 Å². The van der Waals surface area contributed by atoms with Crippen molar-refractivity contribution in [2.24, 2.45) is 0 Å². The number of aryl methyl sites for hydroxylation is 3. The van der Waals surface area contributed by atoms with Crippen LogP contribution in [0.3, 0.4) is 0 Å². The van der Waals surface area contributed by atoms with E-state index in [0.717, 1.165) is 52.7 Å². The number of benzene rings is 2. The fourth-order valence-corrected chi connectivity index (χ4v) is 5.08. The van der Waals surface area contributed by atoms with Crippen molar-refractivity contribution in [2.75, 3.05) is 11.4 Å². The summed E-state index contributed by atoms with van der Waals surface area (Å²) in [6.07, 6.45) is -2.52. The number of pyridine rings is 1. The first-order valence-electron chi connectivity index (χ1n) is 11.6. The molecule has 0 spiro atoms. The highest BCUT2D eigenvalue weighted by Gasteiger charge is 2.36. The third kappa shape index (κ3) is 3.72. The first kappa shape index (κ1) is 22.9. The molecule has 0 aliphatic carbocycles. The maximum absolute atomic E-state index is 13.8. The van der Waals surface area contributed by atoms with E-state index in [-0.39, 0.29) is 23.4 Å². The Morgan fingerprint density at radius 3 is 2.46 bits per heavy atom. The van der Waals surface area contributed by atoms with E-state index in [1.807, 2.05) is 49.1 Å². The summed E-state index contributed by atoms with van der Waals surface area (Å²) in [5.41, 5.74) is 5.50. The quantitative estimate of drug-likeness (QED) is 0.323. The molecule has 35 heavy (non-hydrogen) atoms. The Morgan fingerprint density at radius 1 is 1.00 bits per heavy atom. The molecule has 0 fully saturated rings. The Morgan fingerprint density at radius 2 is 1.74 bits per heavy atom. The van der Waals surface area contributed by atoms with Crippen LogP contribution in [0.4, 0.5) is 24.5 Å². The van der Waals surface area contributed by atoms with Gasteiger partial charge in [-0.1, -0.05) is 25.1 Å². The maximum Gasteiger partial charge on any atom is 0.418 e. The molecule has 1 aliphatic heterocycles. The highest BCUT2D eigenvalue weighted by Crippen LogP contribution is 2.40. The summed E-state index contributed by atoms with van der Waals surface area (Å²) in [5, 5.41) is 9.54. The van der Waals surface area contributed by atoms with Gasteiger partial charge in [-0.15, -0.1) is 0 Å². The SMILES string of the molecule is CCc1nc2c(C(F)(F)F)cc(C)nc2n1-c1ccc2c(c1C)CCc1ccccc1N2CC#N. The van der Waals surface area contributed by atoms with Crippen molar-refractivity contribution < 1.29 is 13.2 Å². The number of aromatic nitrogens is 3. The maximum atomic E-state index is 13.8. The number of fused-ring (bicyclic) bond motifs is 3. The topological polar surface area (TPSA) is 57.7 Å². The molecule has 0 unspecified atom stereocenters. The molecule has 0 saturated carbocycles. The number of rotatable bonds is 3. The molecule has 2 aromatic heterocycles. The molecule has 3 heterocycles. The zero-order chi connectivity index (χ0) is 24.9. The number of anilines is 2. The third-order valence-electron chi connectivity index (χ3n) is 6.67. The molecule has 0 radical (unpaired) electrons. The second kappa shape index (κ2) is 8.42. The monoisotopic (exact) mass is 475 g/mol. The van der Waals surface area contributed by atoms with Crippen LogP contribution in [-0.2, 0) is 25.4 Å². The summed E-state index contributed by atoms with van der Waals surface area (Å²) in [6, 6.07) is 15.3. The van der Waals surface area contributed by atoms with Crippen LogP contribution in [-0.4, -0.2) is 21.1 Å². The van der Waals surface area contributed by atoms with Crippen LogP contribution in [0.1, 0.15) is 40.7 Å². The van der Waals surface area contributed by atoms with Crippen molar-refractivity contribution in [1.29, 1.82) is 5.26 Å². The lowest BCUT2D eigenvalue weighted by atomic mass is 9.98. The first-order chi connectivity index (χ1) is 16.7. The molecular weight excluding hydrogens is 451 g/mol. The van der Waals surface area contributed by atoms with Crippen molar-refractivity contribution in [3.8, 4) is 11.8 Å². The van der Waals surface area contributed by atoms with Gasteiger partial charge < -0.3 is 4.90 Å². The minimum absolute atomic E-state index is 0.132. The van der Waals surface area contributed by atoms with Crippen LogP contribution in [0.2, 0.25) is 0 Å². The van der Waals surface area contributed by atoms with Crippen LogP contribution >= 0.6 is 0 Å². The number of imidazole rings is 1.